The van der Waals surface area contributed by atoms with Crippen LogP contribution in [-0.4, -0.2) is 10.1 Å². The lowest BCUT2D eigenvalue weighted by molar-refractivity contribution is 0.394. The van der Waals surface area contributed by atoms with Gasteiger partial charge in [0.1, 0.15) is 0 Å². The molecule has 0 aliphatic rings. The molecule has 0 aliphatic heterocycles. The summed E-state index contributed by atoms with van der Waals surface area (Å²) >= 11 is 0. The Balaban J connectivity index is 2.23. The van der Waals surface area contributed by atoms with Crippen LogP contribution in [0, 0.1) is 6.92 Å². The summed E-state index contributed by atoms with van der Waals surface area (Å²) in [6, 6.07) is 8.31. The van der Waals surface area contributed by atoms with E-state index in [1.165, 1.54) is 12.0 Å². The molecule has 0 aliphatic carbocycles. The lowest BCUT2D eigenvalue weighted by Gasteiger charge is -1.98. The van der Waals surface area contributed by atoms with Crippen molar-refractivity contribution < 1.29 is 4.52 Å². The molecule has 15 heavy (non-hydrogen) atoms. The fraction of sp³-hybridized carbons (Fsp3) is 0.333. The number of aryl methyl sites for hydroxylation is 2. The van der Waals surface area contributed by atoms with Crippen LogP contribution in [0.25, 0.3) is 11.4 Å². The summed E-state index contributed by atoms with van der Waals surface area (Å²) in [4.78, 5) is 4.18. The van der Waals surface area contributed by atoms with E-state index >= 15 is 0 Å². The zero-order valence-electron chi connectivity index (χ0n) is 9.03. The number of hydrogen-bond donors (Lipinski definition) is 0. The third-order valence-corrected chi connectivity index (χ3v) is 2.28. The molecule has 0 fully saturated rings. The van der Waals surface area contributed by atoms with Gasteiger partial charge in [-0.3, -0.25) is 0 Å². The van der Waals surface area contributed by atoms with Crippen molar-refractivity contribution in [1.82, 2.24) is 10.1 Å². The number of benzene rings is 1. The summed E-state index contributed by atoms with van der Waals surface area (Å²) < 4.78 is 4.94. The van der Waals surface area contributed by atoms with Gasteiger partial charge in [-0.15, -0.1) is 0 Å². The van der Waals surface area contributed by atoms with Crippen molar-refractivity contribution in [2.24, 2.45) is 0 Å². The van der Waals surface area contributed by atoms with Crippen molar-refractivity contribution in [2.75, 3.05) is 0 Å². The minimum absolute atomic E-state index is 0.600. The van der Waals surface area contributed by atoms with Crippen LogP contribution in [0.1, 0.15) is 24.8 Å². The molecule has 2 rings (SSSR count). The highest BCUT2D eigenvalue weighted by Gasteiger charge is 2.04. The smallest absolute Gasteiger partial charge is 0.223 e. The van der Waals surface area contributed by atoms with Gasteiger partial charge in [0.25, 0.3) is 0 Å². The zero-order chi connectivity index (χ0) is 10.7. The Kier molecular flexibility index (Phi) is 2.81. The van der Waals surface area contributed by atoms with E-state index in [2.05, 4.69) is 29.2 Å². The van der Waals surface area contributed by atoms with Crippen molar-refractivity contribution >= 4 is 0 Å². The van der Waals surface area contributed by atoms with Crippen LogP contribution in [0.15, 0.2) is 28.8 Å². The molecule has 0 atom stereocenters. The van der Waals surface area contributed by atoms with Crippen LogP contribution in [0.5, 0.6) is 0 Å². The van der Waals surface area contributed by atoms with Gasteiger partial charge in [0.05, 0.1) is 0 Å². The molecule has 1 aromatic carbocycles. The first-order valence-corrected chi connectivity index (χ1v) is 5.19. The normalized spacial score (nSPS) is 10.5. The first-order chi connectivity index (χ1) is 7.29. The largest absolute Gasteiger partial charge is 0.339 e. The minimum Gasteiger partial charge on any atom is -0.339 e. The molecule has 0 unspecified atom stereocenters. The molecule has 78 valence electrons. The van der Waals surface area contributed by atoms with E-state index in [1.807, 2.05) is 12.1 Å². The molecule has 0 radical (unpaired) electrons. The van der Waals surface area contributed by atoms with Crippen LogP contribution >= 0.6 is 0 Å². The Bertz CT molecular complexity index is 431. The first-order valence-electron chi connectivity index (χ1n) is 5.19. The summed E-state index contributed by atoms with van der Waals surface area (Å²) in [5.41, 5.74) is 2.35. The Morgan fingerprint density at radius 2 is 1.93 bits per heavy atom. The van der Waals surface area contributed by atoms with Crippen molar-refractivity contribution in [2.45, 2.75) is 26.7 Å². The second-order valence-corrected chi connectivity index (χ2v) is 3.58. The fourth-order valence-electron chi connectivity index (χ4n) is 1.53. The molecule has 1 heterocycles. The summed E-state index contributed by atoms with van der Waals surface area (Å²) in [7, 11) is 0. The van der Waals surface area contributed by atoms with E-state index in [1.54, 1.807) is 6.92 Å². The van der Waals surface area contributed by atoms with Gasteiger partial charge < -0.3 is 4.52 Å². The average Bonchev–Trinajstić information content (AvgIpc) is 2.67. The van der Waals surface area contributed by atoms with E-state index in [0.717, 1.165) is 12.0 Å². The molecule has 0 N–H and O–H groups in total. The Morgan fingerprint density at radius 3 is 2.47 bits per heavy atom. The number of aromatic nitrogens is 2. The molecule has 1 aromatic heterocycles. The number of rotatable bonds is 3. The third-order valence-electron chi connectivity index (χ3n) is 2.28. The predicted octanol–water partition coefficient (Wildman–Crippen LogP) is 3.00. The van der Waals surface area contributed by atoms with Crippen molar-refractivity contribution in [1.29, 1.82) is 0 Å². The van der Waals surface area contributed by atoms with Crippen LogP contribution < -0.4 is 0 Å². The maximum absolute atomic E-state index is 4.94. The van der Waals surface area contributed by atoms with E-state index in [9.17, 15) is 0 Å². The minimum atomic E-state index is 0.600. The lowest BCUT2D eigenvalue weighted by atomic mass is 10.1. The maximum atomic E-state index is 4.94. The second-order valence-electron chi connectivity index (χ2n) is 3.58. The average molecular weight is 202 g/mol. The zero-order valence-corrected chi connectivity index (χ0v) is 9.03. The lowest BCUT2D eigenvalue weighted by Crippen LogP contribution is -1.84. The Hall–Kier alpha value is -1.64. The highest BCUT2D eigenvalue weighted by molar-refractivity contribution is 5.54. The monoisotopic (exact) mass is 202 g/mol. The van der Waals surface area contributed by atoms with Gasteiger partial charge >= 0.3 is 0 Å². The molecule has 0 amide bonds. The second kappa shape index (κ2) is 4.26. The summed E-state index contributed by atoms with van der Waals surface area (Å²) in [6.07, 6.45) is 2.28. The van der Waals surface area contributed by atoms with Gasteiger partial charge in [0, 0.05) is 12.5 Å². The van der Waals surface area contributed by atoms with Crippen LogP contribution in [-0.2, 0) is 6.42 Å². The highest BCUT2D eigenvalue weighted by Crippen LogP contribution is 2.16. The van der Waals surface area contributed by atoms with Crippen molar-refractivity contribution in [3.63, 3.8) is 0 Å². The summed E-state index contributed by atoms with van der Waals surface area (Å²) in [5.74, 6) is 1.26. The molecule has 0 saturated heterocycles. The van der Waals surface area contributed by atoms with E-state index in [0.29, 0.717) is 11.7 Å². The molecule has 0 spiro atoms. The first kappa shape index (κ1) is 9.90. The Labute approximate surface area is 89.1 Å². The topological polar surface area (TPSA) is 38.9 Å². The van der Waals surface area contributed by atoms with Gasteiger partial charge in [0.2, 0.25) is 11.7 Å². The summed E-state index contributed by atoms with van der Waals surface area (Å²) in [6.45, 7) is 3.97. The summed E-state index contributed by atoms with van der Waals surface area (Å²) in [5, 5.41) is 3.88. The number of hydrogen-bond acceptors (Lipinski definition) is 3. The van der Waals surface area contributed by atoms with Crippen LogP contribution in [0.4, 0.5) is 0 Å². The van der Waals surface area contributed by atoms with Crippen LogP contribution in [0.2, 0.25) is 0 Å². The van der Waals surface area contributed by atoms with Crippen molar-refractivity contribution in [3.05, 3.63) is 35.7 Å². The van der Waals surface area contributed by atoms with Crippen molar-refractivity contribution in [3.8, 4) is 11.4 Å². The van der Waals surface area contributed by atoms with Gasteiger partial charge in [0.15, 0.2) is 0 Å². The standard InChI is InChI=1S/C12H14N2O/c1-3-4-10-5-7-11(8-6-10)12-13-9(2)15-14-12/h5-8H,3-4H2,1-2H3. The van der Waals surface area contributed by atoms with E-state index in [-0.39, 0.29) is 0 Å². The van der Waals surface area contributed by atoms with Gasteiger partial charge in [-0.2, -0.15) is 4.98 Å². The maximum Gasteiger partial charge on any atom is 0.223 e. The third kappa shape index (κ3) is 2.24. The molecule has 2 aromatic rings. The molecule has 0 bridgehead atoms. The SMILES string of the molecule is CCCc1ccc(-c2noc(C)n2)cc1. The predicted molar refractivity (Wildman–Crippen MR) is 58.5 cm³/mol. The molecule has 3 heteroatoms. The molecule has 0 saturated carbocycles. The Morgan fingerprint density at radius 1 is 1.20 bits per heavy atom. The highest BCUT2D eigenvalue weighted by atomic mass is 16.5. The fourth-order valence-corrected chi connectivity index (χ4v) is 1.53. The van der Waals surface area contributed by atoms with Gasteiger partial charge in [-0.1, -0.05) is 42.8 Å². The number of nitrogens with zero attached hydrogens (tertiary/aromatic N) is 2. The van der Waals surface area contributed by atoms with Gasteiger partial charge in [-0.25, -0.2) is 0 Å². The quantitative estimate of drug-likeness (QED) is 0.768. The molecular weight excluding hydrogens is 188 g/mol. The van der Waals surface area contributed by atoms with E-state index < -0.39 is 0 Å². The van der Waals surface area contributed by atoms with E-state index in [4.69, 9.17) is 4.52 Å². The molecule has 3 nitrogen and oxygen atoms in total. The van der Waals surface area contributed by atoms with Gasteiger partial charge in [-0.05, 0) is 12.0 Å². The molecular formula is C12H14N2O. The van der Waals surface area contributed by atoms with Crippen LogP contribution in [0.3, 0.4) is 0 Å².